The van der Waals surface area contributed by atoms with Crippen LogP contribution >= 0.6 is 0 Å². The minimum absolute atomic E-state index is 0. The van der Waals surface area contributed by atoms with Gasteiger partial charge < -0.3 is 14.4 Å². The molecule has 4 heterocycles. The van der Waals surface area contributed by atoms with Crippen molar-refractivity contribution in [3.8, 4) is 22.5 Å². The largest absolute Gasteiger partial charge is 0.486 e. The van der Waals surface area contributed by atoms with Gasteiger partial charge in [0.05, 0.1) is 21.7 Å². The maximum Gasteiger partial charge on any atom is 0.216 e. The van der Waals surface area contributed by atoms with Gasteiger partial charge in [0.15, 0.2) is 0 Å². The number of aryl methyl sites for hydroxylation is 1. The van der Waals surface area contributed by atoms with Crippen molar-refractivity contribution in [1.29, 1.82) is 0 Å². The van der Waals surface area contributed by atoms with E-state index in [2.05, 4.69) is 112 Å². The van der Waals surface area contributed by atoms with E-state index in [4.69, 9.17) is 9.40 Å². The fourth-order valence-electron chi connectivity index (χ4n) is 5.32. The van der Waals surface area contributed by atoms with Crippen LogP contribution in [0, 0.1) is 25.0 Å². The first-order valence-electron chi connectivity index (χ1n) is 15.4. The molecule has 0 aliphatic rings. The second kappa shape index (κ2) is 14.0. The topological polar surface area (TPSA) is 51.8 Å². The van der Waals surface area contributed by atoms with Crippen molar-refractivity contribution in [2.45, 2.75) is 66.5 Å². The Kier molecular flexibility index (Phi) is 10.8. The predicted octanol–water partition coefficient (Wildman–Crippen LogP) is 8.99. The van der Waals surface area contributed by atoms with Gasteiger partial charge in [-0.15, -0.1) is 59.7 Å². The van der Waals surface area contributed by atoms with Gasteiger partial charge in [0.1, 0.15) is 0 Å². The number of fused-ring (bicyclic) bond motifs is 3. The van der Waals surface area contributed by atoms with E-state index in [1.165, 1.54) is 15.9 Å². The van der Waals surface area contributed by atoms with Crippen molar-refractivity contribution in [1.82, 2.24) is 15.0 Å². The Bertz CT molecular complexity index is 1890. The molecular weight excluding hydrogens is 763 g/mol. The summed E-state index contributed by atoms with van der Waals surface area (Å²) >= 11 is 0. The van der Waals surface area contributed by atoms with Crippen LogP contribution in [0.25, 0.3) is 44.6 Å². The van der Waals surface area contributed by atoms with Crippen LogP contribution in [-0.2, 0) is 26.5 Å². The fourth-order valence-corrected chi connectivity index (χ4v) is 7.94. The first kappa shape index (κ1) is 34.6. The van der Waals surface area contributed by atoms with Crippen LogP contribution in [0.5, 0.6) is 0 Å². The van der Waals surface area contributed by atoms with Gasteiger partial charge >= 0.3 is 0 Å². The minimum Gasteiger partial charge on any atom is -0.486 e. The summed E-state index contributed by atoms with van der Waals surface area (Å²) in [5.74, 6) is 0.615. The average molecular weight is 806 g/mol. The average Bonchev–Trinajstić information content (AvgIpc) is 3.33. The quantitative estimate of drug-likeness (QED) is 0.125. The normalized spacial score (nSPS) is 11.8. The molecule has 0 N–H and O–H groups in total. The van der Waals surface area contributed by atoms with Crippen LogP contribution in [0.1, 0.15) is 25.1 Å². The van der Waals surface area contributed by atoms with Crippen molar-refractivity contribution < 1.29 is 24.5 Å². The van der Waals surface area contributed by atoms with Crippen molar-refractivity contribution in [3.05, 3.63) is 103 Å². The Morgan fingerprint density at radius 1 is 0.778 bits per heavy atom. The number of furan rings is 1. The van der Waals surface area contributed by atoms with Gasteiger partial charge in [-0.05, 0) is 53.2 Å². The summed E-state index contributed by atoms with van der Waals surface area (Å²) in [5.41, 5.74) is 7.94. The third-order valence-corrected chi connectivity index (χ3v) is 11.8. The molecule has 0 fully saturated rings. The van der Waals surface area contributed by atoms with E-state index in [9.17, 15) is 0 Å². The summed E-state index contributed by atoms with van der Waals surface area (Å²) in [5, 5.41) is 4.96. The SMILES string of the molecule is C[Si](C)(C)c1ccc(-c2[c-]cccc2)nc1.Cc1ccc2c(n1)oc1c[c-]c(-c3cc(CC(C)C)c([Si](C)(C)C)cn3)cc12.[Ir]. The van der Waals surface area contributed by atoms with Gasteiger partial charge in [-0.2, -0.15) is 0 Å². The standard InChI is InChI=1S/C24H27N2OSi.C14H16NSi.Ir/c1-15(2)11-18-13-21(25-14-23(18)28(4,5)6)17-8-10-22-20(12-17)19-9-7-16(3)26-24(19)27-22;1-16(2,3)13-9-10-14(15-11-13)12-7-5-4-6-8-12;/h7,9-10,12-15H,11H2,1-6H3;4-7,9-11H,1-3H3;/q2*-1;. The van der Waals surface area contributed by atoms with Crippen molar-refractivity contribution in [2.24, 2.45) is 5.92 Å². The summed E-state index contributed by atoms with van der Waals surface area (Å²) in [7, 11) is -2.67. The van der Waals surface area contributed by atoms with Crippen molar-refractivity contribution in [3.63, 3.8) is 0 Å². The molecule has 235 valence electrons. The zero-order valence-corrected chi connectivity index (χ0v) is 32.3. The summed E-state index contributed by atoms with van der Waals surface area (Å²) in [6.45, 7) is 20.7. The van der Waals surface area contributed by atoms with Crippen LogP contribution < -0.4 is 10.4 Å². The second-order valence-electron chi connectivity index (χ2n) is 14.1. The molecule has 7 heteroatoms. The van der Waals surface area contributed by atoms with Crippen LogP contribution in [0.4, 0.5) is 0 Å². The molecule has 6 rings (SSSR count). The van der Waals surface area contributed by atoms with Gasteiger partial charge in [0, 0.05) is 43.6 Å². The predicted molar refractivity (Wildman–Crippen MR) is 191 cm³/mol. The molecule has 4 nitrogen and oxygen atoms in total. The zero-order valence-electron chi connectivity index (χ0n) is 27.9. The number of pyridine rings is 3. The summed E-state index contributed by atoms with van der Waals surface area (Å²) < 4.78 is 5.91. The molecule has 0 atom stereocenters. The molecule has 6 aromatic rings. The Morgan fingerprint density at radius 3 is 2.16 bits per heavy atom. The molecule has 0 aliphatic heterocycles. The van der Waals surface area contributed by atoms with Gasteiger partial charge in [0.2, 0.25) is 5.71 Å². The maximum absolute atomic E-state index is 5.91. The summed E-state index contributed by atoms with van der Waals surface area (Å²) in [4.78, 5) is 13.9. The third kappa shape index (κ3) is 8.33. The molecule has 0 saturated heterocycles. The maximum atomic E-state index is 5.91. The van der Waals surface area contributed by atoms with E-state index in [1.807, 2.05) is 49.5 Å². The van der Waals surface area contributed by atoms with Crippen molar-refractivity contribution in [2.75, 3.05) is 0 Å². The number of rotatable bonds is 6. The van der Waals surface area contributed by atoms with Crippen LogP contribution in [0.3, 0.4) is 0 Å². The molecule has 0 spiro atoms. The Balaban J connectivity index is 0.000000231. The van der Waals surface area contributed by atoms with E-state index in [0.29, 0.717) is 11.6 Å². The molecule has 45 heavy (non-hydrogen) atoms. The van der Waals surface area contributed by atoms with Crippen LogP contribution in [0.2, 0.25) is 39.3 Å². The van der Waals surface area contributed by atoms with E-state index < -0.39 is 16.1 Å². The van der Waals surface area contributed by atoms with Crippen molar-refractivity contribution >= 4 is 48.6 Å². The summed E-state index contributed by atoms with van der Waals surface area (Å²) in [6.07, 6.45) is 5.20. The Hall–Kier alpha value is -3.23. The molecule has 0 unspecified atom stereocenters. The van der Waals surface area contributed by atoms with Gasteiger partial charge in [-0.3, -0.25) is 0 Å². The Labute approximate surface area is 284 Å². The molecule has 0 bridgehead atoms. The van der Waals surface area contributed by atoms with Gasteiger partial charge in [-0.1, -0.05) is 82.3 Å². The van der Waals surface area contributed by atoms with Gasteiger partial charge in [-0.25, -0.2) is 4.98 Å². The minimum atomic E-state index is -1.44. The molecule has 0 aliphatic carbocycles. The number of benzene rings is 2. The first-order valence-corrected chi connectivity index (χ1v) is 22.4. The summed E-state index contributed by atoms with van der Waals surface area (Å²) in [6, 6.07) is 29.2. The molecule has 0 saturated carbocycles. The van der Waals surface area contributed by atoms with Gasteiger partial charge in [0.25, 0.3) is 0 Å². The fraction of sp³-hybridized carbons (Fsp3) is 0.289. The number of hydrogen-bond donors (Lipinski definition) is 0. The number of hydrogen-bond acceptors (Lipinski definition) is 4. The Morgan fingerprint density at radius 2 is 1.53 bits per heavy atom. The second-order valence-corrected chi connectivity index (χ2v) is 24.2. The van der Waals surface area contributed by atoms with Crippen LogP contribution in [-0.4, -0.2) is 31.1 Å². The van der Waals surface area contributed by atoms with Crippen LogP contribution in [0.15, 0.2) is 83.5 Å². The molecule has 0 amide bonds. The van der Waals surface area contributed by atoms with E-state index in [-0.39, 0.29) is 20.1 Å². The van der Waals surface area contributed by atoms with E-state index in [0.717, 1.165) is 51.0 Å². The number of nitrogens with zero attached hydrogens (tertiary/aromatic N) is 3. The molecule has 2 aromatic carbocycles. The monoisotopic (exact) mass is 806 g/mol. The number of aromatic nitrogens is 3. The van der Waals surface area contributed by atoms with E-state index in [1.54, 1.807) is 0 Å². The molecular formula is C38H43IrN3OSi2-2. The third-order valence-electron chi connectivity index (χ3n) is 7.73. The first-order chi connectivity index (χ1) is 20.8. The molecule has 1 radical (unpaired) electrons. The van der Waals surface area contributed by atoms with E-state index >= 15 is 0 Å². The smallest absolute Gasteiger partial charge is 0.216 e. The molecule has 4 aromatic heterocycles. The zero-order chi connectivity index (χ0) is 31.6.